The lowest BCUT2D eigenvalue weighted by molar-refractivity contribution is 0.0374. The zero-order chi connectivity index (χ0) is 25.5. The first-order valence-corrected chi connectivity index (χ1v) is 12.2. The third kappa shape index (κ3) is 5.63. The van der Waals surface area contributed by atoms with E-state index in [4.69, 9.17) is 18.9 Å². The third-order valence-electron chi connectivity index (χ3n) is 6.23. The SMILES string of the molecule is CCOc1ccc(-n2cc(C(=O)NCCCN3CCOCC3)c3cc(OC)c(OC)cc3c2=O)cc1. The van der Waals surface area contributed by atoms with E-state index in [0.717, 1.165) is 39.3 Å². The van der Waals surface area contributed by atoms with Crippen LogP contribution in [0, 0.1) is 0 Å². The van der Waals surface area contributed by atoms with Gasteiger partial charge in [0.25, 0.3) is 11.5 Å². The van der Waals surface area contributed by atoms with Crippen LogP contribution in [-0.2, 0) is 4.74 Å². The normalized spacial score (nSPS) is 14.0. The third-order valence-corrected chi connectivity index (χ3v) is 6.23. The van der Waals surface area contributed by atoms with Gasteiger partial charge in [-0.2, -0.15) is 0 Å². The first-order valence-electron chi connectivity index (χ1n) is 12.2. The van der Waals surface area contributed by atoms with Gasteiger partial charge in [-0.15, -0.1) is 0 Å². The molecular formula is C27H33N3O6. The minimum atomic E-state index is -0.265. The highest BCUT2D eigenvalue weighted by molar-refractivity contribution is 6.07. The predicted octanol–water partition coefficient (Wildman–Crippen LogP) is 2.86. The second-order valence-electron chi connectivity index (χ2n) is 8.46. The summed E-state index contributed by atoms with van der Waals surface area (Å²) in [4.78, 5) is 29.2. The number of carbonyl (C=O) groups is 1. The predicted molar refractivity (Wildman–Crippen MR) is 138 cm³/mol. The van der Waals surface area contributed by atoms with Crippen molar-refractivity contribution in [1.29, 1.82) is 0 Å². The molecule has 1 amide bonds. The number of benzene rings is 2. The van der Waals surface area contributed by atoms with E-state index in [1.165, 1.54) is 18.8 Å². The molecule has 1 saturated heterocycles. The van der Waals surface area contributed by atoms with Crippen LogP contribution in [0.5, 0.6) is 17.2 Å². The maximum absolute atomic E-state index is 13.5. The molecular weight excluding hydrogens is 462 g/mol. The summed E-state index contributed by atoms with van der Waals surface area (Å²) < 4.78 is 23.3. The Morgan fingerprint density at radius 2 is 1.69 bits per heavy atom. The van der Waals surface area contributed by atoms with E-state index in [2.05, 4.69) is 10.2 Å². The lowest BCUT2D eigenvalue weighted by Gasteiger charge is -2.26. The number of rotatable bonds is 10. The van der Waals surface area contributed by atoms with Crippen molar-refractivity contribution in [3.05, 3.63) is 58.5 Å². The summed E-state index contributed by atoms with van der Waals surface area (Å²) in [7, 11) is 3.04. The number of hydrogen-bond acceptors (Lipinski definition) is 7. The van der Waals surface area contributed by atoms with Gasteiger partial charge >= 0.3 is 0 Å². The molecule has 2 heterocycles. The number of methoxy groups -OCH3 is 2. The summed E-state index contributed by atoms with van der Waals surface area (Å²) in [5.74, 6) is 1.32. The van der Waals surface area contributed by atoms with Gasteiger partial charge in [0.15, 0.2) is 11.5 Å². The largest absolute Gasteiger partial charge is 0.494 e. The smallest absolute Gasteiger partial charge is 0.263 e. The summed E-state index contributed by atoms with van der Waals surface area (Å²) in [6, 6.07) is 10.5. The van der Waals surface area contributed by atoms with Crippen LogP contribution in [0.1, 0.15) is 23.7 Å². The Labute approximate surface area is 210 Å². The first-order chi connectivity index (χ1) is 17.5. The second kappa shape index (κ2) is 11.9. The Bertz CT molecular complexity index is 1250. The minimum Gasteiger partial charge on any atom is -0.494 e. The van der Waals surface area contributed by atoms with Crippen molar-refractivity contribution in [2.75, 3.05) is 60.2 Å². The number of pyridine rings is 1. The average Bonchev–Trinajstić information content (AvgIpc) is 2.92. The summed E-state index contributed by atoms with van der Waals surface area (Å²) in [5.41, 5.74) is 0.742. The van der Waals surface area contributed by atoms with Gasteiger partial charge in [-0.3, -0.25) is 19.1 Å². The van der Waals surface area contributed by atoms with E-state index >= 15 is 0 Å². The molecule has 9 nitrogen and oxygen atoms in total. The number of nitrogens with zero attached hydrogens (tertiary/aromatic N) is 2. The molecule has 1 aliphatic heterocycles. The molecule has 192 valence electrons. The Morgan fingerprint density at radius 1 is 1.03 bits per heavy atom. The lowest BCUT2D eigenvalue weighted by atomic mass is 10.0. The molecule has 0 unspecified atom stereocenters. The van der Waals surface area contributed by atoms with Gasteiger partial charge in [-0.25, -0.2) is 0 Å². The maximum atomic E-state index is 13.5. The van der Waals surface area contributed by atoms with Crippen molar-refractivity contribution in [3.8, 4) is 22.9 Å². The van der Waals surface area contributed by atoms with Crippen LogP contribution >= 0.6 is 0 Å². The van der Waals surface area contributed by atoms with Gasteiger partial charge < -0.3 is 24.3 Å². The van der Waals surface area contributed by atoms with Crippen LogP contribution in [0.2, 0.25) is 0 Å². The maximum Gasteiger partial charge on any atom is 0.263 e. The molecule has 1 N–H and O–H groups in total. The Kier molecular flexibility index (Phi) is 8.45. The van der Waals surface area contributed by atoms with Crippen molar-refractivity contribution in [2.45, 2.75) is 13.3 Å². The van der Waals surface area contributed by atoms with Crippen molar-refractivity contribution in [2.24, 2.45) is 0 Å². The molecule has 0 aliphatic carbocycles. The molecule has 0 spiro atoms. The molecule has 0 atom stereocenters. The zero-order valence-electron chi connectivity index (χ0n) is 21.0. The van der Waals surface area contributed by atoms with Crippen molar-refractivity contribution in [3.63, 3.8) is 0 Å². The number of amides is 1. The Balaban J connectivity index is 1.67. The van der Waals surface area contributed by atoms with Crippen LogP contribution in [0.25, 0.3) is 16.5 Å². The number of carbonyl (C=O) groups excluding carboxylic acids is 1. The van der Waals surface area contributed by atoms with E-state index in [9.17, 15) is 9.59 Å². The summed E-state index contributed by atoms with van der Waals surface area (Å²) in [6.07, 6.45) is 2.41. The fourth-order valence-electron chi connectivity index (χ4n) is 4.33. The molecule has 4 rings (SSSR count). The Hall–Kier alpha value is -3.56. The molecule has 0 saturated carbocycles. The lowest BCUT2D eigenvalue weighted by Crippen LogP contribution is -2.38. The average molecular weight is 496 g/mol. The fourth-order valence-corrected chi connectivity index (χ4v) is 4.33. The second-order valence-corrected chi connectivity index (χ2v) is 8.46. The number of morpholine rings is 1. The monoisotopic (exact) mass is 495 g/mol. The molecule has 0 radical (unpaired) electrons. The summed E-state index contributed by atoms with van der Waals surface area (Å²) >= 11 is 0. The van der Waals surface area contributed by atoms with Crippen LogP contribution in [0.4, 0.5) is 0 Å². The number of nitrogens with one attached hydrogen (secondary N) is 1. The van der Waals surface area contributed by atoms with E-state index in [1.54, 1.807) is 42.6 Å². The summed E-state index contributed by atoms with van der Waals surface area (Å²) in [6.45, 7) is 7.18. The molecule has 1 fully saturated rings. The highest BCUT2D eigenvalue weighted by Gasteiger charge is 2.19. The van der Waals surface area contributed by atoms with Gasteiger partial charge in [0.2, 0.25) is 0 Å². The molecule has 1 aliphatic rings. The minimum absolute atomic E-state index is 0.256. The summed E-state index contributed by atoms with van der Waals surface area (Å²) in [5, 5.41) is 3.88. The molecule has 3 aromatic rings. The van der Waals surface area contributed by atoms with Gasteiger partial charge in [-0.1, -0.05) is 0 Å². The van der Waals surface area contributed by atoms with Crippen LogP contribution in [0.15, 0.2) is 47.4 Å². The topological polar surface area (TPSA) is 91.3 Å². The van der Waals surface area contributed by atoms with Crippen molar-refractivity contribution >= 4 is 16.7 Å². The van der Waals surface area contributed by atoms with Gasteiger partial charge in [-0.05, 0) is 56.3 Å². The first kappa shape index (κ1) is 25.5. The standard InChI is InChI=1S/C27H33N3O6/c1-4-36-20-8-6-19(7-9-20)30-18-23(26(31)28-10-5-11-29-12-14-35-15-13-29)21-16-24(33-2)25(34-3)17-22(21)27(30)32/h6-9,16-18H,4-5,10-15H2,1-3H3,(H,28,31). The van der Waals surface area contributed by atoms with Crippen molar-refractivity contribution in [1.82, 2.24) is 14.8 Å². The number of fused-ring (bicyclic) bond motifs is 1. The Morgan fingerprint density at radius 3 is 2.33 bits per heavy atom. The highest BCUT2D eigenvalue weighted by atomic mass is 16.5. The van der Waals surface area contributed by atoms with E-state index in [-0.39, 0.29) is 11.5 Å². The van der Waals surface area contributed by atoms with Crippen LogP contribution < -0.4 is 25.1 Å². The number of ether oxygens (including phenoxy) is 4. The van der Waals surface area contributed by atoms with Gasteiger partial charge in [0.05, 0.1) is 45.0 Å². The van der Waals surface area contributed by atoms with Crippen LogP contribution in [0.3, 0.4) is 0 Å². The molecule has 2 aromatic carbocycles. The van der Waals surface area contributed by atoms with Gasteiger partial charge in [0.1, 0.15) is 5.75 Å². The fraction of sp³-hybridized carbons (Fsp3) is 0.407. The van der Waals surface area contributed by atoms with Gasteiger partial charge in [0, 0.05) is 36.9 Å². The number of hydrogen-bond donors (Lipinski definition) is 1. The van der Waals surface area contributed by atoms with E-state index in [0.29, 0.717) is 52.4 Å². The highest BCUT2D eigenvalue weighted by Crippen LogP contribution is 2.32. The number of aromatic nitrogens is 1. The van der Waals surface area contributed by atoms with E-state index in [1.807, 2.05) is 6.92 Å². The molecule has 36 heavy (non-hydrogen) atoms. The van der Waals surface area contributed by atoms with Crippen molar-refractivity contribution < 1.29 is 23.7 Å². The van der Waals surface area contributed by atoms with Crippen LogP contribution in [-0.4, -0.2) is 75.6 Å². The molecule has 1 aromatic heterocycles. The quantitative estimate of drug-likeness (QED) is 0.433. The van der Waals surface area contributed by atoms with E-state index < -0.39 is 0 Å². The molecule has 9 heteroatoms. The zero-order valence-corrected chi connectivity index (χ0v) is 21.0. The molecule has 0 bridgehead atoms.